The molecule has 3 amide bonds. The Hall–Kier alpha value is -3.19. The molecule has 1 fully saturated rings. The SMILES string of the molecule is CCOc1ccc(N2C(=O)c3ccc(C(=O)NCCCCN4CCCC(C)C4)cc3C2=O)cc1. The number of rotatable bonds is 9. The highest BCUT2D eigenvalue weighted by atomic mass is 16.5. The Kier molecular flexibility index (Phi) is 7.63. The van der Waals surface area contributed by atoms with Gasteiger partial charge in [-0.2, -0.15) is 0 Å². The Bertz CT molecular complexity index is 1050. The van der Waals surface area contributed by atoms with Crippen LogP contribution < -0.4 is 15.0 Å². The van der Waals surface area contributed by atoms with E-state index in [1.165, 1.54) is 32.0 Å². The second-order valence-electron chi connectivity index (χ2n) is 9.14. The number of imide groups is 1. The van der Waals surface area contributed by atoms with E-state index in [-0.39, 0.29) is 17.4 Å². The van der Waals surface area contributed by atoms with Crippen LogP contribution in [0.25, 0.3) is 0 Å². The average Bonchev–Trinajstić information content (AvgIpc) is 3.09. The lowest BCUT2D eigenvalue weighted by atomic mass is 10.0. The Morgan fingerprint density at radius 2 is 1.82 bits per heavy atom. The van der Waals surface area contributed by atoms with Crippen LogP contribution in [-0.4, -0.2) is 55.4 Å². The number of amides is 3. The zero-order valence-electron chi connectivity index (χ0n) is 20.0. The van der Waals surface area contributed by atoms with E-state index in [4.69, 9.17) is 4.74 Å². The first kappa shape index (κ1) is 24.0. The van der Waals surface area contributed by atoms with Crippen molar-refractivity contribution in [3.8, 4) is 5.75 Å². The van der Waals surface area contributed by atoms with Crippen molar-refractivity contribution in [2.45, 2.75) is 39.5 Å². The van der Waals surface area contributed by atoms with Crippen LogP contribution in [-0.2, 0) is 0 Å². The standard InChI is InChI=1S/C27H33N3O4/c1-3-34-22-11-9-21(10-12-22)30-26(32)23-13-8-20(17-24(23)27(30)33)25(31)28-14-4-5-15-29-16-6-7-19(2)18-29/h8-13,17,19H,3-7,14-16,18H2,1-2H3,(H,28,31). The number of hydrogen-bond donors (Lipinski definition) is 1. The fourth-order valence-corrected chi connectivity index (χ4v) is 4.73. The zero-order valence-corrected chi connectivity index (χ0v) is 20.0. The molecule has 0 aliphatic carbocycles. The molecule has 7 nitrogen and oxygen atoms in total. The second kappa shape index (κ2) is 10.8. The molecule has 2 aromatic carbocycles. The van der Waals surface area contributed by atoms with Crippen LogP contribution in [0.4, 0.5) is 5.69 Å². The highest BCUT2D eigenvalue weighted by Crippen LogP contribution is 2.30. The van der Waals surface area contributed by atoms with Crippen molar-refractivity contribution in [2.75, 3.05) is 37.7 Å². The van der Waals surface area contributed by atoms with Crippen LogP contribution >= 0.6 is 0 Å². The number of carbonyl (C=O) groups excluding carboxylic acids is 3. The van der Waals surface area contributed by atoms with Crippen LogP contribution in [0.2, 0.25) is 0 Å². The summed E-state index contributed by atoms with van der Waals surface area (Å²) in [6.45, 7) is 8.73. The van der Waals surface area contributed by atoms with Gasteiger partial charge in [0.2, 0.25) is 0 Å². The van der Waals surface area contributed by atoms with E-state index >= 15 is 0 Å². The summed E-state index contributed by atoms with van der Waals surface area (Å²) in [7, 11) is 0. The molecule has 7 heteroatoms. The van der Waals surface area contributed by atoms with Crippen molar-refractivity contribution in [2.24, 2.45) is 5.92 Å². The smallest absolute Gasteiger partial charge is 0.266 e. The lowest BCUT2D eigenvalue weighted by Crippen LogP contribution is -2.35. The van der Waals surface area contributed by atoms with Gasteiger partial charge in [0.15, 0.2) is 0 Å². The van der Waals surface area contributed by atoms with Crippen molar-refractivity contribution in [3.05, 3.63) is 59.2 Å². The van der Waals surface area contributed by atoms with Gasteiger partial charge < -0.3 is 15.0 Å². The lowest BCUT2D eigenvalue weighted by molar-refractivity contribution is 0.0923. The van der Waals surface area contributed by atoms with E-state index in [2.05, 4.69) is 17.1 Å². The number of fused-ring (bicyclic) bond motifs is 1. The molecule has 0 bridgehead atoms. The van der Waals surface area contributed by atoms with Gasteiger partial charge in [0.05, 0.1) is 23.4 Å². The molecule has 2 heterocycles. The summed E-state index contributed by atoms with van der Waals surface area (Å²) in [6.07, 6.45) is 4.54. The summed E-state index contributed by atoms with van der Waals surface area (Å²) in [5.41, 5.74) is 1.43. The quantitative estimate of drug-likeness (QED) is 0.447. The molecule has 2 aliphatic heterocycles. The predicted molar refractivity (Wildman–Crippen MR) is 132 cm³/mol. The van der Waals surface area contributed by atoms with E-state index in [1.54, 1.807) is 36.4 Å². The van der Waals surface area contributed by atoms with Crippen LogP contribution in [0.3, 0.4) is 0 Å². The first-order valence-corrected chi connectivity index (χ1v) is 12.2. The zero-order chi connectivity index (χ0) is 24.1. The average molecular weight is 464 g/mol. The van der Waals surface area contributed by atoms with Crippen LogP contribution in [0.1, 0.15) is 70.6 Å². The second-order valence-corrected chi connectivity index (χ2v) is 9.14. The van der Waals surface area contributed by atoms with Crippen molar-refractivity contribution in [3.63, 3.8) is 0 Å². The minimum absolute atomic E-state index is 0.228. The molecule has 180 valence electrons. The number of nitrogens with one attached hydrogen (secondary N) is 1. The molecule has 1 unspecified atom stereocenters. The van der Waals surface area contributed by atoms with Gasteiger partial charge in [0.1, 0.15) is 5.75 Å². The van der Waals surface area contributed by atoms with E-state index in [9.17, 15) is 14.4 Å². The number of carbonyl (C=O) groups is 3. The molecule has 0 radical (unpaired) electrons. The van der Waals surface area contributed by atoms with Crippen molar-refractivity contribution in [1.82, 2.24) is 10.2 Å². The lowest BCUT2D eigenvalue weighted by Gasteiger charge is -2.30. The number of unbranched alkanes of at least 4 members (excludes halogenated alkanes) is 1. The fourth-order valence-electron chi connectivity index (χ4n) is 4.73. The van der Waals surface area contributed by atoms with Crippen LogP contribution in [0, 0.1) is 5.92 Å². The number of ether oxygens (including phenoxy) is 1. The summed E-state index contributed by atoms with van der Waals surface area (Å²) >= 11 is 0. The van der Waals surface area contributed by atoms with Gasteiger partial charge in [-0.15, -0.1) is 0 Å². The molecule has 1 saturated heterocycles. The normalized spacial score (nSPS) is 18.2. The Labute approximate surface area is 201 Å². The molecule has 4 rings (SSSR count). The number of piperidine rings is 1. The predicted octanol–water partition coefficient (Wildman–Crippen LogP) is 4.13. The maximum atomic E-state index is 13.0. The van der Waals surface area contributed by atoms with Gasteiger partial charge in [-0.05, 0) is 94.1 Å². The monoisotopic (exact) mass is 463 g/mol. The molecule has 2 aliphatic rings. The van der Waals surface area contributed by atoms with Gasteiger partial charge in [-0.1, -0.05) is 6.92 Å². The number of benzene rings is 2. The summed E-state index contributed by atoms with van der Waals surface area (Å²) in [5, 5.41) is 2.94. The van der Waals surface area contributed by atoms with E-state index in [0.29, 0.717) is 35.7 Å². The Morgan fingerprint density at radius 3 is 2.56 bits per heavy atom. The molecule has 1 N–H and O–H groups in total. The largest absolute Gasteiger partial charge is 0.494 e. The van der Waals surface area contributed by atoms with Crippen molar-refractivity contribution < 1.29 is 19.1 Å². The first-order chi connectivity index (χ1) is 16.5. The third kappa shape index (κ3) is 5.30. The Morgan fingerprint density at radius 1 is 1.06 bits per heavy atom. The third-order valence-corrected chi connectivity index (χ3v) is 6.48. The summed E-state index contributed by atoms with van der Waals surface area (Å²) in [4.78, 5) is 42.2. The molecule has 0 spiro atoms. The number of anilines is 1. The third-order valence-electron chi connectivity index (χ3n) is 6.48. The van der Waals surface area contributed by atoms with E-state index in [1.807, 2.05) is 6.92 Å². The highest BCUT2D eigenvalue weighted by molar-refractivity contribution is 6.34. The molecule has 2 aromatic rings. The molecular formula is C27H33N3O4. The maximum Gasteiger partial charge on any atom is 0.266 e. The van der Waals surface area contributed by atoms with Crippen LogP contribution in [0.5, 0.6) is 5.75 Å². The van der Waals surface area contributed by atoms with Crippen molar-refractivity contribution in [1.29, 1.82) is 0 Å². The fraction of sp³-hybridized carbons (Fsp3) is 0.444. The molecule has 0 saturated carbocycles. The molecular weight excluding hydrogens is 430 g/mol. The van der Waals surface area contributed by atoms with Gasteiger partial charge in [-0.3, -0.25) is 14.4 Å². The van der Waals surface area contributed by atoms with E-state index in [0.717, 1.165) is 30.2 Å². The maximum absolute atomic E-state index is 13.0. The molecule has 0 aromatic heterocycles. The van der Waals surface area contributed by atoms with Crippen LogP contribution in [0.15, 0.2) is 42.5 Å². The van der Waals surface area contributed by atoms with E-state index < -0.39 is 5.91 Å². The first-order valence-electron chi connectivity index (χ1n) is 12.2. The van der Waals surface area contributed by atoms with Gasteiger partial charge in [-0.25, -0.2) is 4.90 Å². The number of hydrogen-bond acceptors (Lipinski definition) is 5. The summed E-state index contributed by atoms with van der Waals surface area (Å²) < 4.78 is 5.43. The van der Waals surface area contributed by atoms with Crippen molar-refractivity contribution >= 4 is 23.4 Å². The summed E-state index contributed by atoms with van der Waals surface area (Å²) in [5.74, 6) is 0.410. The van der Waals surface area contributed by atoms with Gasteiger partial charge in [0.25, 0.3) is 17.7 Å². The molecule has 1 atom stereocenters. The van der Waals surface area contributed by atoms with Gasteiger partial charge in [0, 0.05) is 18.7 Å². The highest BCUT2D eigenvalue weighted by Gasteiger charge is 2.37. The number of nitrogens with zero attached hydrogens (tertiary/aromatic N) is 2. The molecule has 34 heavy (non-hydrogen) atoms. The summed E-state index contributed by atoms with van der Waals surface area (Å²) in [6, 6.07) is 11.5. The Balaban J connectivity index is 1.32. The number of likely N-dealkylation sites (tertiary alicyclic amines) is 1. The minimum atomic E-state index is -0.422. The topological polar surface area (TPSA) is 79.0 Å². The van der Waals surface area contributed by atoms with Gasteiger partial charge >= 0.3 is 0 Å². The minimum Gasteiger partial charge on any atom is -0.494 e.